The first kappa shape index (κ1) is 15.8. The molecule has 0 aliphatic heterocycles. The summed E-state index contributed by atoms with van der Waals surface area (Å²) in [5.74, 6) is 2.39. The quantitative estimate of drug-likeness (QED) is 0.880. The van der Waals surface area contributed by atoms with E-state index in [1.54, 1.807) is 12.4 Å². The van der Waals surface area contributed by atoms with Crippen molar-refractivity contribution in [2.24, 2.45) is 17.6 Å². The summed E-state index contributed by atoms with van der Waals surface area (Å²) in [5.41, 5.74) is 6.82. The molecule has 20 heavy (non-hydrogen) atoms. The summed E-state index contributed by atoms with van der Waals surface area (Å²) in [4.78, 5) is 8.63. The molecular weight excluding hydrogens is 295 g/mol. The zero-order valence-electron chi connectivity index (χ0n) is 11.4. The Bertz CT molecular complexity index is 454. The van der Waals surface area contributed by atoms with Gasteiger partial charge in [0.15, 0.2) is 0 Å². The molecule has 2 unspecified atom stereocenters. The lowest BCUT2D eigenvalue weighted by molar-refractivity contribution is -0.00807. The van der Waals surface area contributed by atoms with Crippen LogP contribution in [0.1, 0.15) is 38.5 Å². The third kappa shape index (κ3) is 2.61. The summed E-state index contributed by atoms with van der Waals surface area (Å²) in [7, 11) is 0. The highest BCUT2D eigenvalue weighted by atomic mass is 35.5. The van der Waals surface area contributed by atoms with Crippen LogP contribution in [0.5, 0.6) is 0 Å². The van der Waals surface area contributed by atoms with Crippen LogP contribution in [-0.2, 0) is 0 Å². The van der Waals surface area contributed by atoms with E-state index in [0.29, 0.717) is 0 Å². The van der Waals surface area contributed by atoms with Gasteiger partial charge in [0.1, 0.15) is 0 Å². The van der Waals surface area contributed by atoms with Gasteiger partial charge in [-0.2, -0.15) is 0 Å². The van der Waals surface area contributed by atoms with Crippen LogP contribution in [0.3, 0.4) is 0 Å². The molecule has 6 heteroatoms. The van der Waals surface area contributed by atoms with Crippen molar-refractivity contribution in [3.63, 3.8) is 0 Å². The molecule has 0 aromatic carbocycles. The van der Waals surface area contributed by atoms with Crippen LogP contribution in [0.25, 0.3) is 0 Å². The van der Waals surface area contributed by atoms with Gasteiger partial charge in [-0.1, -0.05) is 0 Å². The molecule has 4 aliphatic carbocycles. The maximum atomic E-state index is 6.58. The normalized spacial score (nSPS) is 40.6. The maximum Gasteiger partial charge on any atom is 0.223 e. The van der Waals surface area contributed by atoms with Crippen molar-refractivity contribution in [3.05, 3.63) is 18.5 Å². The third-order valence-electron chi connectivity index (χ3n) is 5.05. The number of hydrogen-bond acceptors (Lipinski definition) is 4. The van der Waals surface area contributed by atoms with E-state index < -0.39 is 0 Å². The van der Waals surface area contributed by atoms with Crippen LogP contribution < -0.4 is 11.1 Å². The second kappa shape index (κ2) is 5.32. The summed E-state index contributed by atoms with van der Waals surface area (Å²) in [5, 5.41) is 3.61. The summed E-state index contributed by atoms with van der Waals surface area (Å²) in [6.07, 6.45) is 11.0. The SMILES string of the molecule is Cl.Cl.NC12CC3CC(C1)CC(Nc1ncccn1)(C3)C2. The second-order valence-corrected chi connectivity index (χ2v) is 6.80. The maximum absolute atomic E-state index is 6.58. The molecule has 1 aromatic rings. The Kier molecular flexibility index (Phi) is 4.20. The predicted octanol–water partition coefficient (Wildman–Crippen LogP) is 2.78. The number of nitrogens with one attached hydrogen (secondary N) is 1. The molecular formula is C14H22Cl2N4. The van der Waals surface area contributed by atoms with E-state index in [1.165, 1.54) is 32.1 Å². The minimum Gasteiger partial charge on any atom is -0.349 e. The molecule has 2 atom stereocenters. The van der Waals surface area contributed by atoms with Crippen LogP contribution in [0, 0.1) is 11.8 Å². The summed E-state index contributed by atoms with van der Waals surface area (Å²) in [6, 6.07) is 1.86. The average Bonchev–Trinajstić information content (AvgIpc) is 2.25. The van der Waals surface area contributed by atoms with E-state index in [2.05, 4.69) is 15.3 Å². The molecule has 112 valence electrons. The van der Waals surface area contributed by atoms with Gasteiger partial charge in [0.25, 0.3) is 0 Å². The number of halogens is 2. The fourth-order valence-electron chi connectivity index (χ4n) is 5.08. The fraction of sp³-hybridized carbons (Fsp3) is 0.714. The first-order valence-electron chi connectivity index (χ1n) is 6.99. The minimum absolute atomic E-state index is 0. The molecule has 5 rings (SSSR count). The van der Waals surface area contributed by atoms with E-state index in [4.69, 9.17) is 5.73 Å². The van der Waals surface area contributed by atoms with E-state index >= 15 is 0 Å². The Morgan fingerprint density at radius 3 is 2.20 bits per heavy atom. The molecule has 4 nitrogen and oxygen atoms in total. The van der Waals surface area contributed by atoms with Crippen molar-refractivity contribution in [1.29, 1.82) is 0 Å². The Balaban J connectivity index is 0.000000735. The third-order valence-corrected chi connectivity index (χ3v) is 5.05. The first-order chi connectivity index (χ1) is 8.65. The molecule has 0 radical (unpaired) electrons. The van der Waals surface area contributed by atoms with E-state index in [-0.39, 0.29) is 35.9 Å². The van der Waals surface area contributed by atoms with Crippen molar-refractivity contribution >= 4 is 30.8 Å². The topological polar surface area (TPSA) is 63.8 Å². The number of rotatable bonds is 2. The molecule has 0 spiro atoms. The number of aromatic nitrogens is 2. The highest BCUT2D eigenvalue weighted by Gasteiger charge is 2.56. The van der Waals surface area contributed by atoms with E-state index in [0.717, 1.165) is 24.2 Å². The highest BCUT2D eigenvalue weighted by molar-refractivity contribution is 5.85. The minimum atomic E-state index is 0. The largest absolute Gasteiger partial charge is 0.349 e. The number of anilines is 1. The molecule has 0 amide bonds. The molecule has 4 aliphatic rings. The average molecular weight is 317 g/mol. The van der Waals surface area contributed by atoms with Crippen LogP contribution in [0.15, 0.2) is 18.5 Å². The van der Waals surface area contributed by atoms with Gasteiger partial charge in [0.2, 0.25) is 5.95 Å². The lowest BCUT2D eigenvalue weighted by Crippen LogP contribution is -2.65. The van der Waals surface area contributed by atoms with Gasteiger partial charge in [0, 0.05) is 23.5 Å². The molecule has 4 fully saturated rings. The standard InChI is InChI=1S/C14H20N4.2ClH/c15-13-5-10-4-11(6-13)8-14(7-10,9-13)18-12-16-2-1-3-17-12;;/h1-3,10-11H,4-9,15H2,(H,16,17,18);2*1H. The Morgan fingerprint density at radius 2 is 1.65 bits per heavy atom. The first-order valence-corrected chi connectivity index (χ1v) is 6.99. The second-order valence-electron chi connectivity index (χ2n) is 6.80. The van der Waals surface area contributed by atoms with Crippen molar-refractivity contribution in [2.75, 3.05) is 5.32 Å². The van der Waals surface area contributed by atoms with Crippen LogP contribution in [-0.4, -0.2) is 21.0 Å². The van der Waals surface area contributed by atoms with Crippen molar-refractivity contribution in [2.45, 2.75) is 49.6 Å². The van der Waals surface area contributed by atoms with Gasteiger partial charge < -0.3 is 11.1 Å². The highest BCUT2D eigenvalue weighted by Crippen LogP contribution is 2.57. The van der Waals surface area contributed by atoms with Crippen molar-refractivity contribution in [1.82, 2.24) is 9.97 Å². The number of nitrogens with two attached hydrogens (primary N) is 1. The Labute approximate surface area is 132 Å². The van der Waals surface area contributed by atoms with Crippen LogP contribution in [0.4, 0.5) is 5.95 Å². The van der Waals surface area contributed by atoms with Gasteiger partial charge >= 0.3 is 0 Å². The molecule has 3 N–H and O–H groups in total. The molecule has 0 saturated heterocycles. The Morgan fingerprint density at radius 1 is 1.05 bits per heavy atom. The van der Waals surface area contributed by atoms with Crippen LogP contribution in [0.2, 0.25) is 0 Å². The summed E-state index contributed by atoms with van der Waals surface area (Å²) in [6.45, 7) is 0. The zero-order chi connectivity index (χ0) is 12.2. The molecule has 4 bridgehead atoms. The predicted molar refractivity (Wildman–Crippen MR) is 84.5 cm³/mol. The molecule has 1 heterocycles. The van der Waals surface area contributed by atoms with Gasteiger partial charge in [-0.25, -0.2) is 9.97 Å². The van der Waals surface area contributed by atoms with Crippen molar-refractivity contribution in [3.8, 4) is 0 Å². The van der Waals surface area contributed by atoms with Gasteiger partial charge in [0.05, 0.1) is 0 Å². The van der Waals surface area contributed by atoms with Gasteiger partial charge in [-0.15, -0.1) is 24.8 Å². The monoisotopic (exact) mass is 316 g/mol. The summed E-state index contributed by atoms with van der Waals surface area (Å²) >= 11 is 0. The van der Waals surface area contributed by atoms with E-state index in [1.807, 2.05) is 6.07 Å². The molecule has 1 aromatic heterocycles. The van der Waals surface area contributed by atoms with Gasteiger partial charge in [-0.05, 0) is 56.4 Å². The smallest absolute Gasteiger partial charge is 0.223 e. The van der Waals surface area contributed by atoms with Crippen LogP contribution >= 0.6 is 24.8 Å². The van der Waals surface area contributed by atoms with Crippen molar-refractivity contribution < 1.29 is 0 Å². The van der Waals surface area contributed by atoms with E-state index in [9.17, 15) is 0 Å². The number of hydrogen-bond donors (Lipinski definition) is 2. The lowest BCUT2D eigenvalue weighted by atomic mass is 9.50. The fourth-order valence-corrected chi connectivity index (χ4v) is 5.08. The van der Waals surface area contributed by atoms with Gasteiger partial charge in [-0.3, -0.25) is 0 Å². The Hall–Kier alpha value is -0.580. The summed E-state index contributed by atoms with van der Waals surface area (Å²) < 4.78 is 0. The molecule has 4 saturated carbocycles. The zero-order valence-corrected chi connectivity index (χ0v) is 13.1. The number of nitrogens with zero attached hydrogens (tertiary/aromatic N) is 2. The lowest BCUT2D eigenvalue weighted by Gasteiger charge is -2.61.